The molecule has 0 saturated heterocycles. The molecule has 0 spiro atoms. The summed E-state index contributed by atoms with van der Waals surface area (Å²) in [6.07, 6.45) is 1.17. The van der Waals surface area contributed by atoms with Crippen LogP contribution in [0.3, 0.4) is 0 Å². The first-order chi connectivity index (χ1) is 9.90. The van der Waals surface area contributed by atoms with Crippen LogP contribution in [0.15, 0.2) is 30.5 Å². The molecule has 0 radical (unpaired) electrons. The summed E-state index contributed by atoms with van der Waals surface area (Å²) in [4.78, 5) is 23.4. The van der Waals surface area contributed by atoms with Crippen molar-refractivity contribution in [1.82, 2.24) is 15.1 Å². The fourth-order valence-corrected chi connectivity index (χ4v) is 2.07. The number of aromatic carboxylic acids is 1. The van der Waals surface area contributed by atoms with Gasteiger partial charge in [-0.3, -0.25) is 9.48 Å². The normalized spacial score (nSPS) is 12.0. The number of benzene rings is 1. The summed E-state index contributed by atoms with van der Waals surface area (Å²) < 4.78 is 1.26. The van der Waals surface area contributed by atoms with E-state index < -0.39 is 11.9 Å². The van der Waals surface area contributed by atoms with Gasteiger partial charge in [0, 0.05) is 7.05 Å². The minimum atomic E-state index is -1.17. The summed E-state index contributed by atoms with van der Waals surface area (Å²) in [6.45, 7) is 3.83. The van der Waals surface area contributed by atoms with Gasteiger partial charge in [0.25, 0.3) is 5.91 Å². The lowest BCUT2D eigenvalue weighted by atomic mass is 10.1. The highest BCUT2D eigenvalue weighted by molar-refractivity contribution is 6.03. The predicted octanol–water partition coefficient (Wildman–Crippen LogP) is 1.92. The van der Waals surface area contributed by atoms with E-state index in [-0.39, 0.29) is 17.3 Å². The van der Waals surface area contributed by atoms with Gasteiger partial charge in [-0.15, -0.1) is 0 Å². The molecule has 21 heavy (non-hydrogen) atoms. The highest BCUT2D eigenvalue weighted by Gasteiger charge is 2.22. The van der Waals surface area contributed by atoms with Gasteiger partial charge < -0.3 is 10.4 Å². The van der Waals surface area contributed by atoms with E-state index in [4.69, 9.17) is 5.11 Å². The zero-order valence-electron chi connectivity index (χ0n) is 12.1. The lowest BCUT2D eigenvalue weighted by Gasteiger charge is -2.15. The molecule has 6 nitrogen and oxygen atoms in total. The quantitative estimate of drug-likeness (QED) is 0.899. The van der Waals surface area contributed by atoms with Gasteiger partial charge in [-0.1, -0.05) is 29.8 Å². The molecule has 1 heterocycles. The summed E-state index contributed by atoms with van der Waals surface area (Å²) in [5.74, 6) is -1.63. The molecule has 0 fully saturated rings. The Balaban J connectivity index is 2.20. The minimum absolute atomic E-state index is 0.0430. The third kappa shape index (κ3) is 3.10. The molecule has 6 heteroatoms. The number of nitrogens with one attached hydrogen (secondary N) is 1. The van der Waals surface area contributed by atoms with E-state index in [0.717, 1.165) is 11.1 Å². The second-order valence-electron chi connectivity index (χ2n) is 4.94. The Morgan fingerprint density at radius 2 is 1.90 bits per heavy atom. The molecular formula is C15H17N3O3. The van der Waals surface area contributed by atoms with Crippen molar-refractivity contribution in [2.75, 3.05) is 0 Å². The summed E-state index contributed by atoms with van der Waals surface area (Å²) in [7, 11) is 1.54. The third-order valence-corrected chi connectivity index (χ3v) is 3.31. The molecule has 0 saturated carbocycles. The van der Waals surface area contributed by atoms with E-state index in [2.05, 4.69) is 10.4 Å². The number of carboxylic acid groups (broad SMARTS) is 1. The van der Waals surface area contributed by atoms with Gasteiger partial charge in [-0.05, 0) is 19.4 Å². The number of hydrogen-bond donors (Lipinski definition) is 2. The molecular weight excluding hydrogens is 270 g/mol. The van der Waals surface area contributed by atoms with Crippen LogP contribution in [0.5, 0.6) is 0 Å². The number of carbonyl (C=O) groups excluding carboxylic acids is 1. The molecule has 2 aromatic rings. The van der Waals surface area contributed by atoms with E-state index in [0.29, 0.717) is 0 Å². The zero-order chi connectivity index (χ0) is 15.6. The van der Waals surface area contributed by atoms with Crippen molar-refractivity contribution in [2.24, 2.45) is 7.05 Å². The molecule has 0 unspecified atom stereocenters. The van der Waals surface area contributed by atoms with E-state index >= 15 is 0 Å². The zero-order valence-corrected chi connectivity index (χ0v) is 12.1. The number of amides is 1. The first-order valence-electron chi connectivity index (χ1n) is 6.53. The lowest BCUT2D eigenvalue weighted by Crippen LogP contribution is -2.29. The summed E-state index contributed by atoms with van der Waals surface area (Å²) in [6, 6.07) is 7.56. The Hall–Kier alpha value is -2.63. The van der Waals surface area contributed by atoms with Crippen LogP contribution in [0.1, 0.15) is 44.9 Å². The van der Waals surface area contributed by atoms with Crippen molar-refractivity contribution in [1.29, 1.82) is 0 Å². The summed E-state index contributed by atoms with van der Waals surface area (Å²) in [5, 5.41) is 15.7. The van der Waals surface area contributed by atoms with Crippen LogP contribution >= 0.6 is 0 Å². The molecule has 0 aliphatic heterocycles. The van der Waals surface area contributed by atoms with Crippen molar-refractivity contribution >= 4 is 11.9 Å². The van der Waals surface area contributed by atoms with Crippen LogP contribution in [-0.2, 0) is 7.05 Å². The monoisotopic (exact) mass is 287 g/mol. The predicted molar refractivity (Wildman–Crippen MR) is 77.2 cm³/mol. The molecule has 2 rings (SSSR count). The molecule has 1 atom stereocenters. The minimum Gasteiger partial charge on any atom is -0.478 e. The highest BCUT2D eigenvalue weighted by atomic mass is 16.4. The largest absolute Gasteiger partial charge is 0.478 e. The van der Waals surface area contributed by atoms with E-state index in [1.165, 1.54) is 17.9 Å². The van der Waals surface area contributed by atoms with Gasteiger partial charge in [-0.2, -0.15) is 5.10 Å². The van der Waals surface area contributed by atoms with Crippen LogP contribution < -0.4 is 5.32 Å². The smallest absolute Gasteiger partial charge is 0.339 e. The van der Waals surface area contributed by atoms with E-state index in [9.17, 15) is 9.59 Å². The van der Waals surface area contributed by atoms with Crippen molar-refractivity contribution in [3.63, 3.8) is 0 Å². The van der Waals surface area contributed by atoms with Crippen LogP contribution in [0.4, 0.5) is 0 Å². The number of aryl methyl sites for hydroxylation is 2. The first kappa shape index (κ1) is 14.8. The fourth-order valence-electron chi connectivity index (χ4n) is 2.07. The average Bonchev–Trinajstić information content (AvgIpc) is 2.81. The number of carbonyl (C=O) groups is 2. The topological polar surface area (TPSA) is 84.2 Å². The second-order valence-corrected chi connectivity index (χ2v) is 4.94. The maximum atomic E-state index is 12.3. The van der Waals surface area contributed by atoms with Crippen molar-refractivity contribution in [2.45, 2.75) is 19.9 Å². The molecule has 1 aromatic heterocycles. The van der Waals surface area contributed by atoms with Gasteiger partial charge in [0.15, 0.2) is 0 Å². The van der Waals surface area contributed by atoms with Crippen molar-refractivity contribution in [3.05, 3.63) is 52.8 Å². The standard InChI is InChI=1S/C15H17N3O3/c1-9-4-6-11(7-5-9)10(2)17-14(19)13-12(15(20)21)8-16-18(13)3/h4-8,10H,1-3H3,(H,17,19)(H,20,21)/t10-/m1/s1. The second kappa shape index (κ2) is 5.78. The van der Waals surface area contributed by atoms with Crippen LogP contribution in [-0.4, -0.2) is 26.8 Å². The summed E-state index contributed by atoms with van der Waals surface area (Å²) >= 11 is 0. The fraction of sp³-hybridized carbons (Fsp3) is 0.267. The number of rotatable bonds is 4. The van der Waals surface area contributed by atoms with Crippen LogP contribution in [0.25, 0.3) is 0 Å². The Morgan fingerprint density at radius 1 is 1.29 bits per heavy atom. The van der Waals surface area contributed by atoms with E-state index in [1.54, 1.807) is 0 Å². The van der Waals surface area contributed by atoms with Gasteiger partial charge in [0.05, 0.1) is 12.2 Å². The maximum Gasteiger partial charge on any atom is 0.339 e. The van der Waals surface area contributed by atoms with E-state index in [1.807, 2.05) is 38.1 Å². The molecule has 110 valence electrons. The number of aromatic nitrogens is 2. The van der Waals surface area contributed by atoms with Crippen molar-refractivity contribution in [3.8, 4) is 0 Å². The highest BCUT2D eigenvalue weighted by Crippen LogP contribution is 2.15. The Labute approximate surface area is 122 Å². The molecule has 1 amide bonds. The third-order valence-electron chi connectivity index (χ3n) is 3.31. The Kier molecular flexibility index (Phi) is 4.07. The van der Waals surface area contributed by atoms with Gasteiger partial charge in [0.1, 0.15) is 11.3 Å². The molecule has 1 aromatic carbocycles. The Bertz CT molecular complexity index is 674. The van der Waals surface area contributed by atoms with Crippen LogP contribution in [0.2, 0.25) is 0 Å². The van der Waals surface area contributed by atoms with Crippen molar-refractivity contribution < 1.29 is 14.7 Å². The maximum absolute atomic E-state index is 12.3. The molecule has 0 aliphatic rings. The first-order valence-corrected chi connectivity index (χ1v) is 6.53. The molecule has 0 bridgehead atoms. The SMILES string of the molecule is Cc1ccc([C@@H](C)NC(=O)c2c(C(=O)O)cnn2C)cc1. The van der Waals surface area contributed by atoms with Gasteiger partial charge in [-0.25, -0.2) is 4.79 Å². The number of carboxylic acids is 1. The number of nitrogens with zero attached hydrogens (tertiary/aromatic N) is 2. The molecule has 0 aliphatic carbocycles. The van der Waals surface area contributed by atoms with Gasteiger partial charge in [0.2, 0.25) is 0 Å². The lowest BCUT2D eigenvalue weighted by molar-refractivity contribution is 0.0690. The average molecular weight is 287 g/mol. The van der Waals surface area contributed by atoms with Crippen LogP contribution in [0, 0.1) is 6.92 Å². The number of hydrogen-bond acceptors (Lipinski definition) is 3. The summed E-state index contributed by atoms with van der Waals surface area (Å²) in [5.41, 5.74) is 2.03. The van der Waals surface area contributed by atoms with Gasteiger partial charge >= 0.3 is 5.97 Å². The molecule has 2 N–H and O–H groups in total. The Morgan fingerprint density at radius 3 is 2.48 bits per heavy atom.